The molecule has 1 saturated heterocycles. The van der Waals surface area contributed by atoms with E-state index in [0.29, 0.717) is 13.0 Å². The van der Waals surface area contributed by atoms with Crippen LogP contribution in [0.5, 0.6) is 0 Å². The van der Waals surface area contributed by atoms with Gasteiger partial charge in [-0.1, -0.05) is 23.2 Å². The number of benzene rings is 1. The Morgan fingerprint density at radius 1 is 1.43 bits per heavy atom. The first kappa shape index (κ1) is 16.8. The molecule has 1 amide bonds. The second-order valence-electron chi connectivity index (χ2n) is 4.60. The van der Waals surface area contributed by atoms with Crippen LogP contribution in [0.3, 0.4) is 0 Å². The molecule has 2 rings (SSSR count). The molecule has 1 heterocycles. The van der Waals surface area contributed by atoms with Crippen molar-refractivity contribution in [3.63, 3.8) is 0 Å². The van der Waals surface area contributed by atoms with Gasteiger partial charge in [-0.15, -0.1) is 0 Å². The fourth-order valence-corrected chi connectivity index (χ4v) is 3.93. The van der Waals surface area contributed by atoms with E-state index in [1.807, 2.05) is 0 Å². The van der Waals surface area contributed by atoms with Crippen LogP contribution in [0.2, 0.25) is 10.0 Å². The predicted molar refractivity (Wildman–Crippen MR) is 81.8 cm³/mol. The van der Waals surface area contributed by atoms with Crippen molar-refractivity contribution in [2.45, 2.75) is 30.8 Å². The van der Waals surface area contributed by atoms with Crippen molar-refractivity contribution in [3.8, 4) is 0 Å². The molecule has 1 N–H and O–H groups in total. The quantitative estimate of drug-likeness (QED) is 0.826. The van der Waals surface area contributed by atoms with Gasteiger partial charge in [-0.2, -0.15) is 0 Å². The van der Waals surface area contributed by atoms with Gasteiger partial charge in [-0.25, -0.2) is 8.42 Å². The van der Waals surface area contributed by atoms with Gasteiger partial charge in [0, 0.05) is 17.3 Å². The first-order valence-electron chi connectivity index (χ1n) is 6.07. The lowest BCUT2D eigenvalue weighted by Crippen LogP contribution is -2.27. The topological polar surface area (TPSA) is 72.5 Å². The Bertz CT molecular complexity index is 684. The Labute approximate surface area is 136 Å². The highest BCUT2D eigenvalue weighted by Gasteiger charge is 2.26. The molecule has 9 heteroatoms. The zero-order valence-electron chi connectivity index (χ0n) is 11.0. The normalized spacial score (nSPS) is 18.8. The zero-order valence-corrected chi connectivity index (χ0v) is 14.0. The molecule has 1 aliphatic heterocycles. The minimum Gasteiger partial charge on any atom is -0.368 e. The fourth-order valence-electron chi connectivity index (χ4n) is 2.05. The van der Waals surface area contributed by atoms with Gasteiger partial charge in [0.2, 0.25) is 0 Å². The molecule has 0 spiro atoms. The molecule has 1 aliphatic rings. The fraction of sp³-hybridized carbons (Fsp3) is 0.417. The van der Waals surface area contributed by atoms with Crippen LogP contribution in [0.4, 0.5) is 5.69 Å². The molecule has 0 saturated carbocycles. The SMILES string of the molecule is Cc1c(S(=O)(=O)Cl)cc(Cl)c(NC(=O)C2CCCO2)c1Cl. The molecule has 0 aromatic heterocycles. The third kappa shape index (κ3) is 3.63. The first-order chi connectivity index (χ1) is 9.71. The minimum atomic E-state index is -3.97. The molecule has 1 atom stereocenters. The molecule has 5 nitrogen and oxygen atoms in total. The zero-order chi connectivity index (χ0) is 15.8. The van der Waals surface area contributed by atoms with Gasteiger partial charge in [-0.05, 0) is 31.4 Å². The average Bonchev–Trinajstić information content (AvgIpc) is 2.91. The summed E-state index contributed by atoms with van der Waals surface area (Å²) in [4.78, 5) is 11.8. The second kappa shape index (κ2) is 6.30. The lowest BCUT2D eigenvalue weighted by Gasteiger charge is -2.15. The van der Waals surface area contributed by atoms with Crippen molar-refractivity contribution in [1.82, 2.24) is 0 Å². The van der Waals surface area contributed by atoms with Crippen molar-refractivity contribution in [2.75, 3.05) is 11.9 Å². The molecular formula is C12H12Cl3NO4S. The van der Waals surface area contributed by atoms with Crippen molar-refractivity contribution in [3.05, 3.63) is 21.7 Å². The first-order valence-corrected chi connectivity index (χ1v) is 9.14. The third-order valence-corrected chi connectivity index (χ3v) is 5.37. The molecular weight excluding hydrogens is 361 g/mol. The Balaban J connectivity index is 2.37. The number of anilines is 1. The Morgan fingerprint density at radius 3 is 2.62 bits per heavy atom. The van der Waals surface area contributed by atoms with Crippen LogP contribution >= 0.6 is 33.9 Å². The summed E-state index contributed by atoms with van der Waals surface area (Å²) in [6.07, 6.45) is 0.879. The van der Waals surface area contributed by atoms with E-state index >= 15 is 0 Å². The van der Waals surface area contributed by atoms with Gasteiger partial charge in [0.1, 0.15) is 6.10 Å². The van der Waals surface area contributed by atoms with E-state index in [9.17, 15) is 13.2 Å². The van der Waals surface area contributed by atoms with E-state index < -0.39 is 15.2 Å². The Kier molecular flexibility index (Phi) is 5.05. The Morgan fingerprint density at radius 2 is 2.10 bits per heavy atom. The summed E-state index contributed by atoms with van der Waals surface area (Å²) >= 11 is 12.1. The van der Waals surface area contributed by atoms with E-state index in [4.69, 9.17) is 38.6 Å². The highest BCUT2D eigenvalue weighted by molar-refractivity contribution is 8.13. The second-order valence-corrected chi connectivity index (χ2v) is 7.92. The van der Waals surface area contributed by atoms with E-state index in [1.165, 1.54) is 6.92 Å². The van der Waals surface area contributed by atoms with E-state index in [2.05, 4.69) is 5.32 Å². The highest BCUT2D eigenvalue weighted by Crippen LogP contribution is 2.38. The molecule has 1 aromatic rings. The molecule has 0 radical (unpaired) electrons. The number of hydrogen-bond donors (Lipinski definition) is 1. The molecule has 116 valence electrons. The van der Waals surface area contributed by atoms with Crippen LogP contribution in [0.25, 0.3) is 0 Å². The number of carbonyl (C=O) groups is 1. The number of hydrogen-bond acceptors (Lipinski definition) is 4. The summed E-state index contributed by atoms with van der Waals surface area (Å²) in [7, 11) is 1.34. The number of rotatable bonds is 3. The van der Waals surface area contributed by atoms with Crippen LogP contribution in [0, 0.1) is 6.92 Å². The lowest BCUT2D eigenvalue weighted by molar-refractivity contribution is -0.124. The van der Waals surface area contributed by atoms with Crippen molar-refractivity contribution >= 4 is 54.5 Å². The van der Waals surface area contributed by atoms with Crippen LogP contribution in [-0.4, -0.2) is 27.0 Å². The molecule has 21 heavy (non-hydrogen) atoms. The predicted octanol–water partition coefficient (Wildman–Crippen LogP) is 3.35. The van der Waals surface area contributed by atoms with Crippen LogP contribution < -0.4 is 5.32 Å². The van der Waals surface area contributed by atoms with Gasteiger partial charge < -0.3 is 10.1 Å². The molecule has 1 aromatic carbocycles. The molecule has 1 fully saturated rings. The van der Waals surface area contributed by atoms with Gasteiger partial charge in [0.05, 0.1) is 20.6 Å². The van der Waals surface area contributed by atoms with Gasteiger partial charge in [0.25, 0.3) is 15.0 Å². The monoisotopic (exact) mass is 371 g/mol. The summed E-state index contributed by atoms with van der Waals surface area (Å²) in [6.45, 7) is 2.01. The van der Waals surface area contributed by atoms with Gasteiger partial charge in [0.15, 0.2) is 0 Å². The van der Waals surface area contributed by atoms with Crippen LogP contribution in [0.15, 0.2) is 11.0 Å². The van der Waals surface area contributed by atoms with Crippen molar-refractivity contribution < 1.29 is 17.9 Å². The average molecular weight is 373 g/mol. The smallest absolute Gasteiger partial charge is 0.261 e. The Hall–Kier alpha value is -0.530. The van der Waals surface area contributed by atoms with Crippen LogP contribution in [-0.2, 0) is 18.6 Å². The summed E-state index contributed by atoms with van der Waals surface area (Å²) < 4.78 is 28.1. The summed E-state index contributed by atoms with van der Waals surface area (Å²) in [6, 6.07) is 1.16. The van der Waals surface area contributed by atoms with E-state index in [0.717, 1.165) is 12.5 Å². The minimum absolute atomic E-state index is 0.00354. The standard InChI is InChI=1S/C12H12Cl3NO4S/c1-6-9(21(15,18)19)5-7(13)11(10(6)14)16-12(17)8-3-2-4-20-8/h5,8H,2-4H2,1H3,(H,16,17). The van der Waals surface area contributed by atoms with E-state index in [-0.39, 0.29) is 32.1 Å². The number of halogens is 3. The molecule has 0 aliphatic carbocycles. The number of ether oxygens (including phenoxy) is 1. The third-order valence-electron chi connectivity index (χ3n) is 3.15. The van der Waals surface area contributed by atoms with Crippen molar-refractivity contribution in [2.24, 2.45) is 0 Å². The van der Waals surface area contributed by atoms with Crippen LogP contribution in [0.1, 0.15) is 18.4 Å². The largest absolute Gasteiger partial charge is 0.368 e. The maximum Gasteiger partial charge on any atom is 0.261 e. The number of amides is 1. The van der Waals surface area contributed by atoms with Gasteiger partial charge in [-0.3, -0.25) is 4.79 Å². The number of nitrogens with one attached hydrogen (secondary N) is 1. The summed E-state index contributed by atoms with van der Waals surface area (Å²) in [5.74, 6) is -0.364. The number of carbonyl (C=O) groups excluding carboxylic acids is 1. The lowest BCUT2D eigenvalue weighted by atomic mass is 10.2. The van der Waals surface area contributed by atoms with E-state index in [1.54, 1.807) is 0 Å². The summed E-state index contributed by atoms with van der Waals surface area (Å²) in [5, 5.41) is 2.61. The molecule has 0 bridgehead atoms. The highest BCUT2D eigenvalue weighted by atomic mass is 35.7. The maximum atomic E-state index is 12.0. The summed E-state index contributed by atoms with van der Waals surface area (Å²) in [5.41, 5.74) is 0.374. The van der Waals surface area contributed by atoms with Gasteiger partial charge >= 0.3 is 0 Å². The molecule has 1 unspecified atom stereocenters. The maximum absolute atomic E-state index is 12.0. The van der Waals surface area contributed by atoms with Crippen molar-refractivity contribution in [1.29, 1.82) is 0 Å².